The van der Waals surface area contributed by atoms with Crippen LogP contribution < -0.4 is 5.73 Å². The third kappa shape index (κ3) is 1.50. The van der Waals surface area contributed by atoms with Crippen molar-refractivity contribution in [1.82, 2.24) is 0 Å². The zero-order chi connectivity index (χ0) is 8.48. The Morgan fingerprint density at radius 2 is 2.45 bits per heavy atom. The molecule has 1 fully saturated rings. The van der Waals surface area contributed by atoms with Crippen LogP contribution in [0.2, 0.25) is 0 Å². The van der Waals surface area contributed by atoms with Crippen molar-refractivity contribution < 1.29 is 19.7 Å². The van der Waals surface area contributed by atoms with E-state index in [9.17, 15) is 4.79 Å². The number of aliphatic carboxylic acids is 1. The molecule has 0 amide bonds. The number of nitrogens with two attached hydrogens (primary N) is 1. The molecule has 0 aliphatic carbocycles. The van der Waals surface area contributed by atoms with E-state index in [4.69, 9.17) is 20.7 Å². The second-order valence-electron chi connectivity index (χ2n) is 2.78. The minimum Gasteiger partial charge on any atom is -0.480 e. The van der Waals surface area contributed by atoms with Crippen LogP contribution in [-0.4, -0.2) is 41.0 Å². The van der Waals surface area contributed by atoms with E-state index in [-0.39, 0.29) is 19.6 Å². The number of hydrogen-bond acceptors (Lipinski definition) is 4. The van der Waals surface area contributed by atoms with Gasteiger partial charge in [-0.25, -0.2) is 0 Å². The first kappa shape index (κ1) is 8.45. The van der Waals surface area contributed by atoms with E-state index in [1.807, 2.05) is 0 Å². The SMILES string of the molecule is N[C@@]1(C(=O)O)CO[C@@H](CO)C1. The van der Waals surface area contributed by atoms with E-state index in [0.29, 0.717) is 0 Å². The lowest BCUT2D eigenvalue weighted by atomic mass is 9.98. The highest BCUT2D eigenvalue weighted by molar-refractivity contribution is 5.79. The molecular formula is C6H11NO4. The first-order chi connectivity index (χ1) is 5.08. The summed E-state index contributed by atoms with van der Waals surface area (Å²) in [7, 11) is 0. The van der Waals surface area contributed by atoms with E-state index in [1.165, 1.54) is 0 Å². The van der Waals surface area contributed by atoms with Gasteiger partial charge in [-0.2, -0.15) is 0 Å². The van der Waals surface area contributed by atoms with Crippen molar-refractivity contribution in [3.63, 3.8) is 0 Å². The molecule has 1 aliphatic rings. The smallest absolute Gasteiger partial charge is 0.326 e. The van der Waals surface area contributed by atoms with Crippen LogP contribution in [0.15, 0.2) is 0 Å². The molecule has 1 aliphatic heterocycles. The minimum atomic E-state index is -1.30. The monoisotopic (exact) mass is 161 g/mol. The molecule has 2 atom stereocenters. The Morgan fingerprint density at radius 3 is 2.73 bits per heavy atom. The molecule has 4 N–H and O–H groups in total. The molecule has 1 rings (SSSR count). The third-order valence-electron chi connectivity index (χ3n) is 1.80. The van der Waals surface area contributed by atoms with Crippen molar-refractivity contribution in [2.75, 3.05) is 13.2 Å². The number of aliphatic hydroxyl groups excluding tert-OH is 1. The second-order valence-corrected chi connectivity index (χ2v) is 2.78. The molecule has 1 saturated heterocycles. The van der Waals surface area contributed by atoms with E-state index >= 15 is 0 Å². The van der Waals surface area contributed by atoms with Gasteiger partial charge >= 0.3 is 5.97 Å². The number of hydrogen-bond donors (Lipinski definition) is 3. The van der Waals surface area contributed by atoms with Gasteiger partial charge < -0.3 is 20.7 Å². The van der Waals surface area contributed by atoms with Gasteiger partial charge in [0.15, 0.2) is 0 Å². The summed E-state index contributed by atoms with van der Waals surface area (Å²) in [6, 6.07) is 0. The highest BCUT2D eigenvalue weighted by Gasteiger charge is 2.42. The number of carbonyl (C=O) groups is 1. The molecule has 0 radical (unpaired) electrons. The predicted octanol–water partition coefficient (Wildman–Crippen LogP) is -1.45. The number of aliphatic hydroxyl groups is 1. The van der Waals surface area contributed by atoms with Crippen molar-refractivity contribution >= 4 is 5.97 Å². The summed E-state index contributed by atoms with van der Waals surface area (Å²) in [5, 5.41) is 17.2. The molecule has 0 aromatic rings. The van der Waals surface area contributed by atoms with Crippen molar-refractivity contribution in [1.29, 1.82) is 0 Å². The van der Waals surface area contributed by atoms with Crippen LogP contribution in [0.3, 0.4) is 0 Å². The summed E-state index contributed by atoms with van der Waals surface area (Å²) in [5.41, 5.74) is 4.13. The van der Waals surface area contributed by atoms with Crippen molar-refractivity contribution in [3.8, 4) is 0 Å². The molecule has 0 spiro atoms. The molecule has 0 aromatic heterocycles. The maximum Gasteiger partial charge on any atom is 0.326 e. The molecule has 5 nitrogen and oxygen atoms in total. The maximum atomic E-state index is 10.5. The van der Waals surface area contributed by atoms with Gasteiger partial charge in [0, 0.05) is 6.42 Å². The fourth-order valence-corrected chi connectivity index (χ4v) is 1.06. The average Bonchev–Trinajstić information content (AvgIpc) is 2.33. The van der Waals surface area contributed by atoms with Crippen molar-refractivity contribution in [2.24, 2.45) is 5.73 Å². The Kier molecular flexibility index (Phi) is 2.12. The predicted molar refractivity (Wildman–Crippen MR) is 36.0 cm³/mol. The first-order valence-corrected chi connectivity index (χ1v) is 3.33. The van der Waals surface area contributed by atoms with Crippen molar-refractivity contribution in [3.05, 3.63) is 0 Å². The van der Waals surface area contributed by atoms with Crippen LogP contribution in [0.25, 0.3) is 0 Å². The topological polar surface area (TPSA) is 92.8 Å². The Hall–Kier alpha value is -0.650. The number of carboxylic acids is 1. The molecular weight excluding hydrogens is 150 g/mol. The fourth-order valence-electron chi connectivity index (χ4n) is 1.06. The Bertz CT molecular complexity index is 172. The van der Waals surface area contributed by atoms with Gasteiger partial charge in [0.05, 0.1) is 19.3 Å². The lowest BCUT2D eigenvalue weighted by Crippen LogP contribution is -2.48. The van der Waals surface area contributed by atoms with Crippen LogP contribution in [0.5, 0.6) is 0 Å². The summed E-state index contributed by atoms with van der Waals surface area (Å²) < 4.78 is 4.92. The zero-order valence-electron chi connectivity index (χ0n) is 5.99. The second kappa shape index (κ2) is 2.77. The van der Waals surface area contributed by atoms with Gasteiger partial charge in [-0.05, 0) is 0 Å². The number of rotatable bonds is 2. The standard InChI is InChI=1S/C6H11NO4/c7-6(5(9)10)1-4(2-8)11-3-6/h4,8H,1-3,7H2,(H,9,10)/t4-,6-/m1/s1. The lowest BCUT2D eigenvalue weighted by Gasteiger charge is -2.14. The van der Waals surface area contributed by atoms with Crippen LogP contribution in [0, 0.1) is 0 Å². The van der Waals surface area contributed by atoms with Crippen LogP contribution in [0.4, 0.5) is 0 Å². The van der Waals surface area contributed by atoms with Gasteiger partial charge in [0.25, 0.3) is 0 Å². The van der Waals surface area contributed by atoms with Crippen molar-refractivity contribution in [2.45, 2.75) is 18.1 Å². The van der Waals surface area contributed by atoms with Crippen LogP contribution in [0.1, 0.15) is 6.42 Å². The minimum absolute atomic E-state index is 0.0203. The molecule has 5 heteroatoms. The third-order valence-corrected chi connectivity index (χ3v) is 1.80. The molecule has 64 valence electrons. The molecule has 11 heavy (non-hydrogen) atoms. The summed E-state index contributed by atoms with van der Waals surface area (Å²) in [5.74, 6) is -1.08. The zero-order valence-corrected chi connectivity index (χ0v) is 5.99. The Balaban J connectivity index is 2.57. The summed E-state index contributed by atoms with van der Waals surface area (Å²) >= 11 is 0. The van der Waals surface area contributed by atoms with Gasteiger partial charge in [-0.1, -0.05) is 0 Å². The van der Waals surface area contributed by atoms with Gasteiger partial charge in [-0.3, -0.25) is 4.79 Å². The quantitative estimate of drug-likeness (QED) is 0.460. The molecule has 0 aromatic carbocycles. The lowest BCUT2D eigenvalue weighted by molar-refractivity contribution is -0.143. The molecule has 0 saturated carbocycles. The van der Waals surface area contributed by atoms with E-state index in [2.05, 4.69) is 0 Å². The van der Waals surface area contributed by atoms with Gasteiger partial charge in [0.2, 0.25) is 0 Å². The highest BCUT2D eigenvalue weighted by Crippen LogP contribution is 2.21. The van der Waals surface area contributed by atoms with Gasteiger partial charge in [0.1, 0.15) is 5.54 Å². The molecule has 0 unspecified atom stereocenters. The Morgan fingerprint density at radius 1 is 1.82 bits per heavy atom. The Labute approximate surface area is 63.8 Å². The van der Waals surface area contributed by atoms with E-state index in [1.54, 1.807) is 0 Å². The highest BCUT2D eigenvalue weighted by atomic mass is 16.5. The average molecular weight is 161 g/mol. The van der Waals surface area contributed by atoms with Gasteiger partial charge in [-0.15, -0.1) is 0 Å². The van der Waals surface area contributed by atoms with Crippen LogP contribution >= 0.6 is 0 Å². The number of ether oxygens (including phenoxy) is 1. The first-order valence-electron chi connectivity index (χ1n) is 3.33. The maximum absolute atomic E-state index is 10.5. The van der Waals surface area contributed by atoms with E-state index < -0.39 is 17.6 Å². The van der Waals surface area contributed by atoms with Crippen LogP contribution in [-0.2, 0) is 9.53 Å². The van der Waals surface area contributed by atoms with E-state index in [0.717, 1.165) is 0 Å². The largest absolute Gasteiger partial charge is 0.480 e. The summed E-state index contributed by atoms with van der Waals surface area (Å²) in [6.07, 6.45) is -0.241. The molecule has 0 bridgehead atoms. The summed E-state index contributed by atoms with van der Waals surface area (Å²) in [6.45, 7) is -0.195. The summed E-state index contributed by atoms with van der Waals surface area (Å²) in [4.78, 5) is 10.5. The molecule has 1 heterocycles. The fraction of sp³-hybridized carbons (Fsp3) is 0.833. The normalized spacial score (nSPS) is 37.5. The number of carboxylic acid groups (broad SMARTS) is 1.